The van der Waals surface area contributed by atoms with E-state index in [1.807, 2.05) is 19.1 Å². The first-order valence-corrected chi connectivity index (χ1v) is 4.22. The molecule has 0 bridgehead atoms. The van der Waals surface area contributed by atoms with Gasteiger partial charge in [0, 0.05) is 9.75 Å². The van der Waals surface area contributed by atoms with Crippen LogP contribution in [0.1, 0.15) is 22.6 Å². The molecule has 1 heterocycles. The fourth-order valence-corrected chi connectivity index (χ4v) is 1.73. The Morgan fingerprint density at radius 1 is 1.64 bits per heavy atom. The molecule has 0 saturated carbocycles. The summed E-state index contributed by atoms with van der Waals surface area (Å²) in [6.07, 6.45) is 0. The van der Waals surface area contributed by atoms with Crippen molar-refractivity contribution in [2.75, 3.05) is 0 Å². The van der Waals surface area contributed by atoms with Crippen molar-refractivity contribution >= 4 is 17.3 Å². The lowest BCUT2D eigenvalue weighted by molar-refractivity contribution is -0.138. The SMILES string of the molecule is Cc1ccc([C@@H](C)C(=O)O)s1. The Balaban J connectivity index is 2.84. The van der Waals surface area contributed by atoms with Gasteiger partial charge >= 0.3 is 5.97 Å². The van der Waals surface area contributed by atoms with Gasteiger partial charge in [-0.15, -0.1) is 11.3 Å². The molecule has 0 amide bonds. The van der Waals surface area contributed by atoms with Crippen LogP contribution in [0, 0.1) is 6.92 Å². The van der Waals surface area contributed by atoms with E-state index in [2.05, 4.69) is 0 Å². The molecular formula is C8H10O2S. The van der Waals surface area contributed by atoms with Gasteiger partial charge in [-0.25, -0.2) is 0 Å². The van der Waals surface area contributed by atoms with Gasteiger partial charge < -0.3 is 5.11 Å². The van der Waals surface area contributed by atoms with E-state index >= 15 is 0 Å². The third-order valence-corrected chi connectivity index (χ3v) is 2.74. The minimum Gasteiger partial charge on any atom is -0.481 e. The van der Waals surface area contributed by atoms with Crippen molar-refractivity contribution in [3.05, 3.63) is 21.9 Å². The molecular weight excluding hydrogens is 160 g/mol. The zero-order chi connectivity index (χ0) is 8.43. The van der Waals surface area contributed by atoms with Crippen LogP contribution in [0.5, 0.6) is 0 Å². The molecule has 0 unspecified atom stereocenters. The van der Waals surface area contributed by atoms with E-state index < -0.39 is 5.97 Å². The third-order valence-electron chi connectivity index (χ3n) is 1.56. The number of hydrogen-bond acceptors (Lipinski definition) is 2. The van der Waals surface area contributed by atoms with Crippen LogP contribution in [0.3, 0.4) is 0 Å². The molecule has 3 heteroatoms. The quantitative estimate of drug-likeness (QED) is 0.739. The molecule has 11 heavy (non-hydrogen) atoms. The molecule has 60 valence electrons. The molecule has 1 rings (SSSR count). The number of carboxylic acids is 1. The molecule has 0 spiro atoms. The molecule has 0 aromatic carbocycles. The monoisotopic (exact) mass is 170 g/mol. The molecule has 1 N–H and O–H groups in total. The lowest BCUT2D eigenvalue weighted by Gasteiger charge is -2.00. The standard InChI is InChI=1S/C8H10O2S/c1-5-3-4-7(11-5)6(2)8(9)10/h3-4,6H,1-2H3,(H,9,10)/t6-/m1/s1. The number of rotatable bonds is 2. The van der Waals surface area contributed by atoms with E-state index in [4.69, 9.17) is 5.11 Å². The van der Waals surface area contributed by atoms with Crippen molar-refractivity contribution < 1.29 is 9.90 Å². The van der Waals surface area contributed by atoms with Crippen molar-refractivity contribution in [1.82, 2.24) is 0 Å². The molecule has 0 saturated heterocycles. The van der Waals surface area contributed by atoms with Crippen LogP contribution < -0.4 is 0 Å². The Hall–Kier alpha value is -0.830. The van der Waals surface area contributed by atoms with Gasteiger partial charge in [0.15, 0.2) is 0 Å². The summed E-state index contributed by atoms with van der Waals surface area (Å²) in [5, 5.41) is 8.65. The minimum atomic E-state index is -0.758. The van der Waals surface area contributed by atoms with Gasteiger partial charge in [-0.2, -0.15) is 0 Å². The van der Waals surface area contributed by atoms with Crippen LogP contribution in [0.2, 0.25) is 0 Å². The second-order valence-electron chi connectivity index (χ2n) is 2.51. The first-order valence-electron chi connectivity index (χ1n) is 3.40. The molecule has 2 nitrogen and oxygen atoms in total. The van der Waals surface area contributed by atoms with E-state index in [1.165, 1.54) is 0 Å². The molecule has 1 aromatic rings. The Bertz CT molecular complexity index is 265. The first-order chi connectivity index (χ1) is 5.11. The summed E-state index contributed by atoms with van der Waals surface area (Å²) in [4.78, 5) is 12.6. The molecule has 0 aliphatic rings. The van der Waals surface area contributed by atoms with Crippen LogP contribution in [0.15, 0.2) is 12.1 Å². The highest BCUT2D eigenvalue weighted by molar-refractivity contribution is 7.12. The molecule has 0 fully saturated rings. The minimum absolute atomic E-state index is 0.367. The fraction of sp³-hybridized carbons (Fsp3) is 0.375. The van der Waals surface area contributed by atoms with Gasteiger partial charge in [0.2, 0.25) is 0 Å². The highest BCUT2D eigenvalue weighted by atomic mass is 32.1. The number of carbonyl (C=O) groups is 1. The van der Waals surface area contributed by atoms with E-state index in [9.17, 15) is 4.79 Å². The van der Waals surface area contributed by atoms with Crippen molar-refractivity contribution in [2.45, 2.75) is 19.8 Å². The Morgan fingerprint density at radius 3 is 2.64 bits per heavy atom. The topological polar surface area (TPSA) is 37.3 Å². The summed E-state index contributed by atoms with van der Waals surface area (Å²) in [6, 6.07) is 3.82. The largest absolute Gasteiger partial charge is 0.481 e. The fourth-order valence-electron chi connectivity index (χ4n) is 0.808. The van der Waals surface area contributed by atoms with Crippen molar-refractivity contribution in [1.29, 1.82) is 0 Å². The second-order valence-corrected chi connectivity index (χ2v) is 3.83. The van der Waals surface area contributed by atoms with E-state index in [0.29, 0.717) is 0 Å². The van der Waals surface area contributed by atoms with Crippen LogP contribution in [0.4, 0.5) is 0 Å². The summed E-state index contributed by atoms with van der Waals surface area (Å²) < 4.78 is 0. The average molecular weight is 170 g/mol. The Labute approximate surface area is 69.5 Å². The predicted molar refractivity (Wildman–Crippen MR) is 45.1 cm³/mol. The van der Waals surface area contributed by atoms with Gasteiger partial charge in [-0.05, 0) is 26.0 Å². The van der Waals surface area contributed by atoms with Crippen molar-refractivity contribution in [2.24, 2.45) is 0 Å². The number of hydrogen-bond donors (Lipinski definition) is 1. The Kier molecular flexibility index (Phi) is 2.29. The van der Waals surface area contributed by atoms with Crippen molar-refractivity contribution in [3.8, 4) is 0 Å². The normalized spacial score (nSPS) is 12.9. The molecule has 1 aromatic heterocycles. The summed E-state index contributed by atoms with van der Waals surface area (Å²) in [5.74, 6) is -1.12. The zero-order valence-electron chi connectivity index (χ0n) is 6.50. The van der Waals surface area contributed by atoms with Gasteiger partial charge in [0.05, 0.1) is 5.92 Å². The second kappa shape index (κ2) is 3.05. The maximum absolute atomic E-state index is 10.5. The highest BCUT2D eigenvalue weighted by Crippen LogP contribution is 2.23. The van der Waals surface area contributed by atoms with Gasteiger partial charge in [0.1, 0.15) is 0 Å². The van der Waals surface area contributed by atoms with Gasteiger partial charge in [-0.3, -0.25) is 4.79 Å². The lowest BCUT2D eigenvalue weighted by Crippen LogP contribution is -2.04. The molecule has 0 aliphatic heterocycles. The maximum atomic E-state index is 10.5. The lowest BCUT2D eigenvalue weighted by atomic mass is 10.1. The van der Waals surface area contributed by atoms with Crippen LogP contribution in [0.25, 0.3) is 0 Å². The molecule has 0 aliphatic carbocycles. The number of aryl methyl sites for hydroxylation is 1. The Morgan fingerprint density at radius 2 is 2.27 bits per heavy atom. The summed E-state index contributed by atoms with van der Waals surface area (Å²) >= 11 is 1.54. The number of thiophene rings is 1. The third kappa shape index (κ3) is 1.80. The van der Waals surface area contributed by atoms with Crippen LogP contribution in [-0.2, 0) is 4.79 Å². The predicted octanol–water partition coefficient (Wildman–Crippen LogP) is 2.24. The molecule has 0 radical (unpaired) electrons. The van der Waals surface area contributed by atoms with Crippen LogP contribution in [-0.4, -0.2) is 11.1 Å². The van der Waals surface area contributed by atoms with Crippen LogP contribution >= 0.6 is 11.3 Å². The number of carboxylic acid groups (broad SMARTS) is 1. The van der Waals surface area contributed by atoms with Gasteiger partial charge in [-0.1, -0.05) is 0 Å². The molecule has 1 atom stereocenters. The number of aliphatic carboxylic acids is 1. The van der Waals surface area contributed by atoms with Gasteiger partial charge in [0.25, 0.3) is 0 Å². The summed E-state index contributed by atoms with van der Waals surface area (Å²) in [6.45, 7) is 3.68. The van der Waals surface area contributed by atoms with E-state index in [-0.39, 0.29) is 5.92 Å². The first kappa shape index (κ1) is 8.27. The summed E-state index contributed by atoms with van der Waals surface area (Å²) in [5.41, 5.74) is 0. The van der Waals surface area contributed by atoms with E-state index in [1.54, 1.807) is 18.3 Å². The van der Waals surface area contributed by atoms with Crippen molar-refractivity contribution in [3.63, 3.8) is 0 Å². The maximum Gasteiger partial charge on any atom is 0.311 e. The summed E-state index contributed by atoms with van der Waals surface area (Å²) in [7, 11) is 0. The highest BCUT2D eigenvalue weighted by Gasteiger charge is 2.14. The van der Waals surface area contributed by atoms with E-state index in [0.717, 1.165) is 9.75 Å². The average Bonchev–Trinajstić information content (AvgIpc) is 2.34. The zero-order valence-corrected chi connectivity index (χ0v) is 7.31. The smallest absolute Gasteiger partial charge is 0.311 e.